The van der Waals surface area contributed by atoms with Gasteiger partial charge in [-0.25, -0.2) is 39.5 Å². The van der Waals surface area contributed by atoms with Crippen LogP contribution in [0, 0.1) is 52.4 Å². The van der Waals surface area contributed by atoms with Crippen LogP contribution in [-0.4, -0.2) is 0 Å². The average molecular weight is 331 g/mol. The summed E-state index contributed by atoms with van der Waals surface area (Å²) >= 11 is 0. The molecule has 10 heteroatoms. The van der Waals surface area contributed by atoms with Gasteiger partial charge in [0.05, 0.1) is 0 Å². The zero-order chi connectivity index (χ0) is 16.8. The molecular weight excluding hydrogens is 329 g/mol. The van der Waals surface area contributed by atoms with Gasteiger partial charge in [0.1, 0.15) is 11.4 Å². The minimum Gasteiger partial charge on any atom is -0.346 e. The molecule has 1 nitrogen and oxygen atoms in total. The number of hydrogen-bond acceptors (Lipinski definition) is 1. The Bertz CT molecular complexity index is 717. The van der Waals surface area contributed by atoms with Gasteiger partial charge >= 0.3 is 0 Å². The summed E-state index contributed by atoms with van der Waals surface area (Å²) in [7, 11) is 0. The predicted octanol–water partition coefficient (Wildman–Crippen LogP) is 4.68. The summed E-state index contributed by atoms with van der Waals surface area (Å²) in [5.41, 5.74) is -3.61. The molecule has 0 aliphatic rings. The fourth-order valence-corrected chi connectivity index (χ4v) is 1.52. The third-order valence-electron chi connectivity index (χ3n) is 2.57. The van der Waals surface area contributed by atoms with E-state index in [1.165, 1.54) is 0 Å². The van der Waals surface area contributed by atoms with Gasteiger partial charge in [0.2, 0.25) is 5.82 Å². The van der Waals surface area contributed by atoms with E-state index in [9.17, 15) is 39.5 Å². The first-order valence-electron chi connectivity index (χ1n) is 5.28. The summed E-state index contributed by atoms with van der Waals surface area (Å²) in [6.45, 7) is 0. The zero-order valence-electron chi connectivity index (χ0n) is 9.98. The lowest BCUT2D eigenvalue weighted by molar-refractivity contribution is 0.381. The van der Waals surface area contributed by atoms with Crippen molar-refractivity contribution in [1.29, 1.82) is 0 Å². The van der Waals surface area contributed by atoms with Crippen LogP contribution in [0.2, 0.25) is 0 Å². The van der Waals surface area contributed by atoms with Crippen LogP contribution in [0.4, 0.5) is 50.9 Å². The molecule has 0 aliphatic heterocycles. The third-order valence-corrected chi connectivity index (χ3v) is 2.57. The highest BCUT2D eigenvalue weighted by molar-refractivity contribution is 5.62. The lowest BCUT2D eigenvalue weighted by Gasteiger charge is -2.12. The van der Waals surface area contributed by atoms with Crippen LogP contribution in [0.15, 0.2) is 6.07 Å². The van der Waals surface area contributed by atoms with Crippen LogP contribution < -0.4 is 5.32 Å². The van der Waals surface area contributed by atoms with Crippen molar-refractivity contribution in [3.05, 3.63) is 58.4 Å². The fraction of sp³-hybridized carbons (Fsp3) is 0. The van der Waals surface area contributed by atoms with Crippen molar-refractivity contribution in [2.45, 2.75) is 0 Å². The van der Waals surface area contributed by atoms with Crippen molar-refractivity contribution in [2.75, 3.05) is 5.32 Å². The first-order chi connectivity index (χ1) is 10.2. The van der Waals surface area contributed by atoms with Crippen molar-refractivity contribution >= 4 is 11.4 Å². The van der Waals surface area contributed by atoms with Crippen LogP contribution >= 0.6 is 0 Å². The van der Waals surface area contributed by atoms with Gasteiger partial charge in [0.25, 0.3) is 0 Å². The molecule has 0 spiro atoms. The highest BCUT2D eigenvalue weighted by atomic mass is 19.2. The van der Waals surface area contributed by atoms with E-state index in [0.29, 0.717) is 0 Å². The van der Waals surface area contributed by atoms with Gasteiger partial charge in [0, 0.05) is 6.07 Å². The number of nitrogens with one attached hydrogen (secondary N) is 1. The van der Waals surface area contributed by atoms with Crippen molar-refractivity contribution in [3.63, 3.8) is 0 Å². The summed E-state index contributed by atoms with van der Waals surface area (Å²) < 4.78 is 118. The molecule has 0 amide bonds. The highest BCUT2D eigenvalue weighted by Crippen LogP contribution is 2.33. The molecule has 0 saturated heterocycles. The number of halogens is 9. The Kier molecular flexibility index (Phi) is 3.94. The minimum atomic E-state index is -2.51. The van der Waals surface area contributed by atoms with Gasteiger partial charge in [-0.15, -0.1) is 0 Å². The number of benzene rings is 2. The molecule has 2 aromatic carbocycles. The summed E-state index contributed by atoms with van der Waals surface area (Å²) in [4.78, 5) is 0. The van der Waals surface area contributed by atoms with Crippen LogP contribution in [0.1, 0.15) is 0 Å². The molecule has 0 atom stereocenters. The standard InChI is InChI=1S/C12H2F9N/c13-2-1-3(14)5(16)11(4(2)15)22-12-9(20)7(18)6(17)8(19)10(12)21/h1,22H. The van der Waals surface area contributed by atoms with E-state index in [2.05, 4.69) is 0 Å². The Balaban J connectivity index is 2.68. The zero-order valence-corrected chi connectivity index (χ0v) is 9.98. The second kappa shape index (κ2) is 5.43. The first kappa shape index (κ1) is 16.0. The van der Waals surface area contributed by atoms with E-state index in [-0.39, 0.29) is 6.07 Å². The third kappa shape index (κ3) is 2.34. The monoisotopic (exact) mass is 331 g/mol. The molecule has 22 heavy (non-hydrogen) atoms. The fourth-order valence-electron chi connectivity index (χ4n) is 1.52. The summed E-state index contributed by atoms with van der Waals surface area (Å²) in [6, 6.07) is -0.200. The van der Waals surface area contributed by atoms with Gasteiger partial charge in [-0.3, -0.25) is 0 Å². The van der Waals surface area contributed by atoms with Gasteiger partial charge in [-0.05, 0) is 0 Å². The molecule has 2 aromatic rings. The molecule has 0 bridgehead atoms. The molecule has 0 heterocycles. The van der Waals surface area contributed by atoms with Gasteiger partial charge < -0.3 is 5.32 Å². The average Bonchev–Trinajstić information content (AvgIpc) is 2.48. The van der Waals surface area contributed by atoms with Crippen molar-refractivity contribution in [2.24, 2.45) is 0 Å². The molecule has 0 fully saturated rings. The van der Waals surface area contributed by atoms with E-state index in [0.717, 1.165) is 5.32 Å². The minimum absolute atomic E-state index is 0.200. The number of anilines is 2. The SMILES string of the molecule is Fc1cc(F)c(F)c(Nc2c(F)c(F)c(F)c(F)c2F)c1F. The molecule has 2 rings (SSSR count). The van der Waals surface area contributed by atoms with Crippen molar-refractivity contribution in [1.82, 2.24) is 0 Å². The van der Waals surface area contributed by atoms with E-state index in [1.807, 2.05) is 0 Å². The summed E-state index contributed by atoms with van der Waals surface area (Å²) in [5.74, 6) is -20.3. The van der Waals surface area contributed by atoms with Gasteiger partial charge in [0.15, 0.2) is 46.5 Å². The quantitative estimate of drug-likeness (QED) is 0.479. The van der Waals surface area contributed by atoms with Gasteiger partial charge in [-0.2, -0.15) is 0 Å². The van der Waals surface area contributed by atoms with Crippen LogP contribution in [0.5, 0.6) is 0 Å². The predicted molar refractivity (Wildman–Crippen MR) is 55.8 cm³/mol. The lowest BCUT2D eigenvalue weighted by Crippen LogP contribution is -2.10. The highest BCUT2D eigenvalue weighted by Gasteiger charge is 2.28. The van der Waals surface area contributed by atoms with Crippen molar-refractivity contribution < 1.29 is 39.5 Å². The van der Waals surface area contributed by atoms with Crippen molar-refractivity contribution in [3.8, 4) is 0 Å². The molecule has 1 N–H and O–H groups in total. The second-order valence-electron chi connectivity index (χ2n) is 3.91. The first-order valence-corrected chi connectivity index (χ1v) is 5.28. The smallest absolute Gasteiger partial charge is 0.200 e. The van der Waals surface area contributed by atoms with E-state index in [1.54, 1.807) is 0 Å². The number of rotatable bonds is 2. The Morgan fingerprint density at radius 1 is 0.455 bits per heavy atom. The van der Waals surface area contributed by atoms with Crippen LogP contribution in [0.25, 0.3) is 0 Å². The Labute approximate surface area is 116 Å². The summed E-state index contributed by atoms with van der Waals surface area (Å²) in [6.07, 6.45) is 0. The molecule has 0 unspecified atom stereocenters. The number of hydrogen-bond donors (Lipinski definition) is 1. The summed E-state index contributed by atoms with van der Waals surface area (Å²) in [5, 5.41) is 1.14. The Morgan fingerprint density at radius 2 is 0.773 bits per heavy atom. The maximum Gasteiger partial charge on any atom is 0.200 e. The maximum absolute atomic E-state index is 13.3. The topological polar surface area (TPSA) is 12.0 Å². The second-order valence-corrected chi connectivity index (χ2v) is 3.91. The molecular formula is C12H2F9N. The van der Waals surface area contributed by atoms with E-state index < -0.39 is 63.7 Å². The van der Waals surface area contributed by atoms with E-state index >= 15 is 0 Å². The van der Waals surface area contributed by atoms with E-state index in [4.69, 9.17) is 0 Å². The normalized spacial score (nSPS) is 11.0. The largest absolute Gasteiger partial charge is 0.346 e. The molecule has 0 aliphatic carbocycles. The maximum atomic E-state index is 13.3. The molecule has 118 valence electrons. The molecule has 0 aromatic heterocycles. The molecule has 0 saturated carbocycles. The lowest BCUT2D eigenvalue weighted by atomic mass is 10.2. The Hall–Kier alpha value is -2.39. The molecule has 0 radical (unpaired) electrons. The Morgan fingerprint density at radius 3 is 1.18 bits per heavy atom. The van der Waals surface area contributed by atoms with Gasteiger partial charge in [-0.1, -0.05) is 0 Å². The van der Waals surface area contributed by atoms with Crippen LogP contribution in [0.3, 0.4) is 0 Å². The van der Waals surface area contributed by atoms with Crippen LogP contribution in [-0.2, 0) is 0 Å².